The summed E-state index contributed by atoms with van der Waals surface area (Å²) < 4.78 is 11.8. The van der Waals surface area contributed by atoms with Gasteiger partial charge < -0.3 is 14.8 Å². The average molecular weight is 472 g/mol. The molecule has 30 heavy (non-hydrogen) atoms. The van der Waals surface area contributed by atoms with Crippen LogP contribution in [0.3, 0.4) is 0 Å². The molecule has 0 saturated carbocycles. The highest BCUT2D eigenvalue weighted by Crippen LogP contribution is 2.35. The third-order valence-corrected chi connectivity index (χ3v) is 6.35. The van der Waals surface area contributed by atoms with Crippen LogP contribution in [0.1, 0.15) is 37.8 Å². The predicted octanol–water partition coefficient (Wildman–Crippen LogP) is 6.20. The molecule has 1 atom stereocenters. The zero-order chi connectivity index (χ0) is 21.5. The van der Waals surface area contributed by atoms with Gasteiger partial charge in [-0.2, -0.15) is 0 Å². The van der Waals surface area contributed by atoms with E-state index in [2.05, 4.69) is 17.1 Å². The van der Waals surface area contributed by atoms with Crippen LogP contribution >= 0.6 is 34.8 Å². The van der Waals surface area contributed by atoms with Crippen LogP contribution < -0.4 is 14.8 Å². The van der Waals surface area contributed by atoms with Crippen LogP contribution in [0.15, 0.2) is 30.3 Å². The van der Waals surface area contributed by atoms with E-state index in [4.69, 9.17) is 44.3 Å². The van der Waals surface area contributed by atoms with Gasteiger partial charge in [0.2, 0.25) is 0 Å². The standard InChI is InChI=1S/C23H29Cl3N2O2/c1-3-28-9-5-6-19(28)14-27-13-17-10-22(29-4-2)23(12-21(17)26)30-15-16-7-8-18(24)11-20(16)25/h7-8,10-12,19,27H,3-6,9,13-15H2,1-2H3. The number of halogens is 3. The van der Waals surface area contributed by atoms with Gasteiger partial charge in [0.1, 0.15) is 6.61 Å². The Balaban J connectivity index is 1.65. The minimum Gasteiger partial charge on any atom is -0.490 e. The summed E-state index contributed by atoms with van der Waals surface area (Å²) in [4.78, 5) is 2.53. The minimum absolute atomic E-state index is 0.304. The summed E-state index contributed by atoms with van der Waals surface area (Å²) in [5, 5.41) is 5.38. The first-order valence-electron chi connectivity index (χ1n) is 10.5. The molecule has 1 unspecified atom stereocenters. The molecule has 1 aliphatic rings. The summed E-state index contributed by atoms with van der Waals surface area (Å²) in [6, 6.07) is 9.74. The highest BCUT2D eigenvalue weighted by molar-refractivity contribution is 6.35. The van der Waals surface area contributed by atoms with Crippen molar-refractivity contribution in [3.63, 3.8) is 0 Å². The van der Waals surface area contributed by atoms with Crippen molar-refractivity contribution < 1.29 is 9.47 Å². The Morgan fingerprint density at radius 2 is 1.77 bits per heavy atom. The molecule has 4 nitrogen and oxygen atoms in total. The van der Waals surface area contributed by atoms with Crippen LogP contribution in [0.25, 0.3) is 0 Å². The fraction of sp³-hybridized carbons (Fsp3) is 0.478. The van der Waals surface area contributed by atoms with Gasteiger partial charge in [0.05, 0.1) is 6.61 Å². The molecule has 0 bridgehead atoms. The minimum atomic E-state index is 0.304. The van der Waals surface area contributed by atoms with E-state index in [-0.39, 0.29) is 0 Å². The molecular weight excluding hydrogens is 443 g/mol. The number of nitrogens with zero attached hydrogens (tertiary/aromatic N) is 1. The second kappa shape index (κ2) is 11.4. The van der Waals surface area contributed by atoms with Crippen molar-refractivity contribution in [2.45, 2.75) is 45.9 Å². The third-order valence-electron chi connectivity index (χ3n) is 5.41. The van der Waals surface area contributed by atoms with Gasteiger partial charge in [0, 0.05) is 45.8 Å². The highest BCUT2D eigenvalue weighted by atomic mass is 35.5. The second-order valence-corrected chi connectivity index (χ2v) is 8.65. The van der Waals surface area contributed by atoms with E-state index in [0.29, 0.717) is 52.4 Å². The Hall–Kier alpha value is -1.17. The van der Waals surface area contributed by atoms with Gasteiger partial charge in [0.15, 0.2) is 11.5 Å². The first-order chi connectivity index (χ1) is 14.5. The lowest BCUT2D eigenvalue weighted by Crippen LogP contribution is -2.37. The summed E-state index contributed by atoms with van der Waals surface area (Å²) in [6.07, 6.45) is 2.53. The van der Waals surface area contributed by atoms with Crippen LogP contribution in [-0.2, 0) is 13.2 Å². The number of nitrogens with one attached hydrogen (secondary N) is 1. The van der Waals surface area contributed by atoms with Gasteiger partial charge in [-0.25, -0.2) is 0 Å². The maximum Gasteiger partial charge on any atom is 0.163 e. The monoisotopic (exact) mass is 470 g/mol. The largest absolute Gasteiger partial charge is 0.490 e. The predicted molar refractivity (Wildman–Crippen MR) is 125 cm³/mol. The van der Waals surface area contributed by atoms with Crippen molar-refractivity contribution in [1.29, 1.82) is 0 Å². The Morgan fingerprint density at radius 1 is 1.00 bits per heavy atom. The van der Waals surface area contributed by atoms with Crippen LogP contribution in [-0.4, -0.2) is 37.2 Å². The van der Waals surface area contributed by atoms with Gasteiger partial charge in [-0.15, -0.1) is 0 Å². The summed E-state index contributed by atoms with van der Waals surface area (Å²) in [6.45, 7) is 8.97. The molecule has 0 aliphatic carbocycles. The lowest BCUT2D eigenvalue weighted by Gasteiger charge is -2.23. The number of hydrogen-bond acceptors (Lipinski definition) is 4. The number of likely N-dealkylation sites (N-methyl/N-ethyl adjacent to an activating group) is 1. The van der Waals surface area contributed by atoms with Crippen molar-refractivity contribution in [1.82, 2.24) is 10.2 Å². The number of hydrogen-bond donors (Lipinski definition) is 1. The van der Waals surface area contributed by atoms with Gasteiger partial charge in [-0.1, -0.05) is 47.8 Å². The fourth-order valence-electron chi connectivity index (χ4n) is 3.80. The van der Waals surface area contributed by atoms with Crippen molar-refractivity contribution in [2.24, 2.45) is 0 Å². The molecule has 0 spiro atoms. The van der Waals surface area contributed by atoms with E-state index in [0.717, 1.165) is 24.2 Å². The smallest absolute Gasteiger partial charge is 0.163 e. The molecule has 0 amide bonds. The van der Waals surface area contributed by atoms with E-state index in [9.17, 15) is 0 Å². The fourth-order valence-corrected chi connectivity index (χ4v) is 4.49. The molecule has 7 heteroatoms. The topological polar surface area (TPSA) is 33.7 Å². The van der Waals surface area contributed by atoms with Gasteiger partial charge in [-0.3, -0.25) is 4.90 Å². The lowest BCUT2D eigenvalue weighted by molar-refractivity contribution is 0.259. The van der Waals surface area contributed by atoms with Gasteiger partial charge >= 0.3 is 0 Å². The quantitative estimate of drug-likeness (QED) is 0.447. The molecule has 2 aromatic rings. The third kappa shape index (κ3) is 6.18. The Bertz CT molecular complexity index is 847. The van der Waals surface area contributed by atoms with Crippen LogP contribution in [0, 0.1) is 0 Å². The molecule has 1 heterocycles. The SMILES string of the molecule is CCOc1cc(CNCC2CCCN2CC)c(Cl)cc1OCc1ccc(Cl)cc1Cl. The number of rotatable bonds is 10. The molecule has 1 N–H and O–H groups in total. The van der Waals surface area contributed by atoms with Crippen molar-refractivity contribution in [3.8, 4) is 11.5 Å². The van der Waals surface area contributed by atoms with Crippen molar-refractivity contribution >= 4 is 34.8 Å². The molecule has 2 aromatic carbocycles. The lowest BCUT2D eigenvalue weighted by atomic mass is 10.1. The maximum absolute atomic E-state index is 6.56. The van der Waals surface area contributed by atoms with E-state index < -0.39 is 0 Å². The summed E-state index contributed by atoms with van der Waals surface area (Å²) in [7, 11) is 0. The zero-order valence-electron chi connectivity index (χ0n) is 17.5. The summed E-state index contributed by atoms with van der Waals surface area (Å²) in [5.41, 5.74) is 1.85. The van der Waals surface area contributed by atoms with Crippen molar-refractivity contribution in [3.05, 3.63) is 56.5 Å². The summed E-state index contributed by atoms with van der Waals surface area (Å²) >= 11 is 18.8. The summed E-state index contributed by atoms with van der Waals surface area (Å²) in [5.74, 6) is 1.28. The second-order valence-electron chi connectivity index (χ2n) is 7.40. The average Bonchev–Trinajstić information content (AvgIpc) is 3.17. The Kier molecular flexibility index (Phi) is 8.97. The van der Waals surface area contributed by atoms with Gasteiger partial charge in [-0.05, 0) is 56.6 Å². The molecule has 0 radical (unpaired) electrons. The van der Waals surface area contributed by atoms with Crippen LogP contribution in [0.5, 0.6) is 11.5 Å². The molecule has 0 aromatic heterocycles. The van der Waals surface area contributed by atoms with Gasteiger partial charge in [0.25, 0.3) is 0 Å². The highest BCUT2D eigenvalue weighted by Gasteiger charge is 2.22. The van der Waals surface area contributed by atoms with Crippen LogP contribution in [0.4, 0.5) is 0 Å². The molecule has 1 saturated heterocycles. The van der Waals surface area contributed by atoms with E-state index >= 15 is 0 Å². The zero-order valence-corrected chi connectivity index (χ0v) is 19.8. The van der Waals surface area contributed by atoms with E-state index in [1.165, 1.54) is 19.4 Å². The molecule has 164 valence electrons. The first kappa shape index (κ1) is 23.5. The number of ether oxygens (including phenoxy) is 2. The first-order valence-corrected chi connectivity index (χ1v) is 11.6. The molecular formula is C23H29Cl3N2O2. The normalized spacial score (nSPS) is 16.8. The van der Waals surface area contributed by atoms with E-state index in [1.807, 2.05) is 25.1 Å². The molecule has 1 aliphatic heterocycles. The maximum atomic E-state index is 6.56. The van der Waals surface area contributed by atoms with E-state index in [1.54, 1.807) is 12.1 Å². The number of benzene rings is 2. The number of likely N-dealkylation sites (tertiary alicyclic amines) is 1. The molecule has 3 rings (SSSR count). The molecule has 1 fully saturated rings. The Morgan fingerprint density at radius 3 is 2.50 bits per heavy atom. The van der Waals surface area contributed by atoms with Crippen LogP contribution in [0.2, 0.25) is 15.1 Å². The Labute approximate surface area is 194 Å². The van der Waals surface area contributed by atoms with Crippen molar-refractivity contribution in [2.75, 3.05) is 26.2 Å².